The van der Waals surface area contributed by atoms with E-state index in [0.29, 0.717) is 12.4 Å². The van der Waals surface area contributed by atoms with Gasteiger partial charge in [0, 0.05) is 4.90 Å². The molecule has 0 aromatic heterocycles. The van der Waals surface area contributed by atoms with Crippen LogP contribution in [-0.4, -0.2) is 18.0 Å². The smallest absolute Gasteiger partial charge is 0.162 e. The third kappa shape index (κ3) is 4.04. The van der Waals surface area contributed by atoms with Gasteiger partial charge in [0.15, 0.2) is 11.5 Å². The highest BCUT2D eigenvalue weighted by molar-refractivity contribution is 7.98. The Kier molecular flexibility index (Phi) is 5.40. The quantitative estimate of drug-likeness (QED) is 0.592. The van der Waals surface area contributed by atoms with Gasteiger partial charge in [0.2, 0.25) is 0 Å². The molecule has 0 saturated carbocycles. The molecule has 0 saturated heterocycles. The van der Waals surface area contributed by atoms with Crippen LogP contribution in [0.1, 0.15) is 26.2 Å². The summed E-state index contributed by atoms with van der Waals surface area (Å²) in [6.45, 7) is 2.84. The second-order valence-corrected chi connectivity index (χ2v) is 4.27. The summed E-state index contributed by atoms with van der Waals surface area (Å²) < 4.78 is 5.52. The monoisotopic (exact) mass is 226 g/mol. The van der Waals surface area contributed by atoms with Gasteiger partial charge >= 0.3 is 0 Å². The van der Waals surface area contributed by atoms with Gasteiger partial charge < -0.3 is 9.84 Å². The third-order valence-corrected chi connectivity index (χ3v) is 2.90. The molecule has 1 aromatic carbocycles. The van der Waals surface area contributed by atoms with Crippen molar-refractivity contribution >= 4 is 11.8 Å². The summed E-state index contributed by atoms with van der Waals surface area (Å²) in [6.07, 6.45) is 5.40. The van der Waals surface area contributed by atoms with Crippen molar-refractivity contribution in [3.05, 3.63) is 18.2 Å². The highest BCUT2D eigenvalue weighted by Crippen LogP contribution is 2.30. The Bertz CT molecular complexity index is 300. The van der Waals surface area contributed by atoms with Crippen LogP contribution >= 0.6 is 11.8 Å². The van der Waals surface area contributed by atoms with Crippen molar-refractivity contribution in [1.82, 2.24) is 0 Å². The van der Waals surface area contributed by atoms with Gasteiger partial charge in [0.1, 0.15) is 0 Å². The molecule has 1 rings (SSSR count). The molecular weight excluding hydrogens is 208 g/mol. The van der Waals surface area contributed by atoms with Crippen molar-refractivity contribution in [2.45, 2.75) is 31.1 Å². The fraction of sp³-hybridized carbons (Fsp3) is 0.500. The average molecular weight is 226 g/mol. The summed E-state index contributed by atoms with van der Waals surface area (Å²) in [5.74, 6) is 0.822. The van der Waals surface area contributed by atoms with E-state index in [1.807, 2.05) is 18.4 Å². The van der Waals surface area contributed by atoms with Crippen LogP contribution in [0.2, 0.25) is 0 Å². The van der Waals surface area contributed by atoms with Crippen molar-refractivity contribution in [2.24, 2.45) is 0 Å². The van der Waals surface area contributed by atoms with Crippen LogP contribution in [0.15, 0.2) is 23.1 Å². The molecule has 0 fully saturated rings. The number of rotatable bonds is 6. The molecular formula is C12H18O2S. The fourth-order valence-electron chi connectivity index (χ4n) is 1.27. The lowest BCUT2D eigenvalue weighted by Gasteiger charge is -2.08. The Hall–Kier alpha value is -0.830. The molecule has 3 heteroatoms. The minimum atomic E-state index is 0.226. The van der Waals surface area contributed by atoms with E-state index in [9.17, 15) is 5.11 Å². The highest BCUT2D eigenvalue weighted by Gasteiger charge is 2.03. The number of aromatic hydroxyl groups is 1. The molecule has 0 aliphatic heterocycles. The first-order valence-corrected chi connectivity index (χ1v) is 6.50. The Morgan fingerprint density at radius 3 is 2.80 bits per heavy atom. The summed E-state index contributed by atoms with van der Waals surface area (Å²) in [7, 11) is 0. The van der Waals surface area contributed by atoms with Gasteiger partial charge in [-0.25, -0.2) is 0 Å². The van der Waals surface area contributed by atoms with Crippen LogP contribution in [0.25, 0.3) is 0 Å². The van der Waals surface area contributed by atoms with E-state index in [1.54, 1.807) is 17.8 Å². The van der Waals surface area contributed by atoms with E-state index < -0.39 is 0 Å². The van der Waals surface area contributed by atoms with Gasteiger partial charge in [-0.15, -0.1) is 11.8 Å². The van der Waals surface area contributed by atoms with E-state index in [4.69, 9.17) is 4.74 Å². The number of ether oxygens (including phenoxy) is 1. The van der Waals surface area contributed by atoms with Gasteiger partial charge in [-0.1, -0.05) is 19.8 Å². The summed E-state index contributed by atoms with van der Waals surface area (Å²) in [5, 5.41) is 9.55. The maximum absolute atomic E-state index is 9.55. The molecule has 0 amide bonds. The summed E-state index contributed by atoms with van der Waals surface area (Å²) in [6, 6.07) is 5.45. The zero-order valence-electron chi connectivity index (χ0n) is 9.32. The number of unbranched alkanes of at least 4 members (excludes halogenated alkanes) is 2. The summed E-state index contributed by atoms with van der Waals surface area (Å²) in [4.78, 5) is 1.11. The number of benzene rings is 1. The standard InChI is InChI=1S/C12H18O2S/c1-3-4-5-8-14-12-9-10(15-2)6-7-11(12)13/h6-7,9,13H,3-5,8H2,1-2H3. The number of thioether (sulfide) groups is 1. The Morgan fingerprint density at radius 1 is 1.33 bits per heavy atom. The van der Waals surface area contributed by atoms with Crippen molar-refractivity contribution in [3.8, 4) is 11.5 Å². The predicted molar refractivity (Wildman–Crippen MR) is 64.9 cm³/mol. The molecule has 1 aromatic rings. The summed E-state index contributed by atoms with van der Waals surface area (Å²) >= 11 is 1.64. The van der Waals surface area contributed by atoms with E-state index >= 15 is 0 Å². The summed E-state index contributed by atoms with van der Waals surface area (Å²) in [5.41, 5.74) is 0. The molecule has 0 radical (unpaired) electrons. The molecule has 0 bridgehead atoms. The molecule has 0 unspecified atom stereocenters. The zero-order valence-corrected chi connectivity index (χ0v) is 10.1. The molecule has 0 heterocycles. The number of phenols is 1. The molecule has 2 nitrogen and oxygen atoms in total. The van der Waals surface area contributed by atoms with Crippen LogP contribution in [0.5, 0.6) is 11.5 Å². The van der Waals surface area contributed by atoms with E-state index in [2.05, 4.69) is 6.92 Å². The average Bonchev–Trinajstić information content (AvgIpc) is 2.26. The van der Waals surface area contributed by atoms with Crippen molar-refractivity contribution < 1.29 is 9.84 Å². The topological polar surface area (TPSA) is 29.5 Å². The minimum Gasteiger partial charge on any atom is -0.504 e. The SMILES string of the molecule is CCCCCOc1cc(SC)ccc1O. The van der Waals surface area contributed by atoms with Crippen LogP contribution in [0, 0.1) is 0 Å². The molecule has 0 aliphatic rings. The molecule has 84 valence electrons. The van der Waals surface area contributed by atoms with Crippen LogP contribution in [0.4, 0.5) is 0 Å². The van der Waals surface area contributed by atoms with Gasteiger partial charge in [-0.05, 0) is 30.9 Å². The second kappa shape index (κ2) is 6.62. The van der Waals surface area contributed by atoms with Gasteiger partial charge in [0.05, 0.1) is 6.61 Å². The van der Waals surface area contributed by atoms with E-state index in [-0.39, 0.29) is 5.75 Å². The van der Waals surface area contributed by atoms with Crippen LogP contribution < -0.4 is 4.74 Å². The Morgan fingerprint density at radius 2 is 2.13 bits per heavy atom. The molecule has 1 N–H and O–H groups in total. The Balaban J connectivity index is 2.51. The maximum Gasteiger partial charge on any atom is 0.162 e. The third-order valence-electron chi connectivity index (χ3n) is 2.17. The maximum atomic E-state index is 9.55. The Labute approximate surface area is 95.7 Å². The lowest BCUT2D eigenvalue weighted by atomic mass is 10.2. The number of phenolic OH excluding ortho intramolecular Hbond substituents is 1. The first-order chi connectivity index (χ1) is 7.27. The first kappa shape index (κ1) is 12.2. The van der Waals surface area contributed by atoms with E-state index in [1.165, 1.54) is 12.8 Å². The van der Waals surface area contributed by atoms with E-state index in [0.717, 1.165) is 11.3 Å². The molecule has 0 spiro atoms. The minimum absolute atomic E-state index is 0.226. The number of hydrogen-bond donors (Lipinski definition) is 1. The van der Waals surface area contributed by atoms with Crippen molar-refractivity contribution in [1.29, 1.82) is 0 Å². The predicted octanol–water partition coefficient (Wildman–Crippen LogP) is 3.68. The molecule has 0 atom stereocenters. The lowest BCUT2D eigenvalue weighted by Crippen LogP contribution is -1.97. The largest absolute Gasteiger partial charge is 0.504 e. The normalized spacial score (nSPS) is 10.3. The zero-order chi connectivity index (χ0) is 11.1. The van der Waals surface area contributed by atoms with Crippen molar-refractivity contribution in [3.63, 3.8) is 0 Å². The fourth-order valence-corrected chi connectivity index (χ4v) is 1.70. The van der Waals surface area contributed by atoms with Crippen molar-refractivity contribution in [2.75, 3.05) is 12.9 Å². The first-order valence-electron chi connectivity index (χ1n) is 5.27. The second-order valence-electron chi connectivity index (χ2n) is 3.39. The van der Waals surface area contributed by atoms with Crippen LogP contribution in [0.3, 0.4) is 0 Å². The number of hydrogen-bond acceptors (Lipinski definition) is 3. The molecule has 0 aliphatic carbocycles. The van der Waals surface area contributed by atoms with Gasteiger partial charge in [-0.2, -0.15) is 0 Å². The van der Waals surface area contributed by atoms with Crippen LogP contribution in [-0.2, 0) is 0 Å². The highest BCUT2D eigenvalue weighted by atomic mass is 32.2. The van der Waals surface area contributed by atoms with Gasteiger partial charge in [0.25, 0.3) is 0 Å². The lowest BCUT2D eigenvalue weighted by molar-refractivity contribution is 0.289. The van der Waals surface area contributed by atoms with Gasteiger partial charge in [-0.3, -0.25) is 0 Å². The molecule has 15 heavy (non-hydrogen) atoms.